The fourth-order valence-electron chi connectivity index (χ4n) is 2.86. The van der Waals surface area contributed by atoms with Crippen LogP contribution in [0.1, 0.15) is 57.5 Å². The maximum absolute atomic E-state index is 5.49. The fraction of sp³-hybridized carbons (Fsp3) is 0.450. The first-order valence-electron chi connectivity index (χ1n) is 8.54. The summed E-state index contributed by atoms with van der Waals surface area (Å²) < 4.78 is 5.49. The normalized spacial score (nSPS) is 12.2. The second-order valence-electron chi connectivity index (χ2n) is 7.67. The Morgan fingerprint density at radius 3 is 2.36 bits per heavy atom. The molecule has 25 heavy (non-hydrogen) atoms. The first-order chi connectivity index (χ1) is 11.7. The Labute approximate surface area is 153 Å². The Hall–Kier alpha value is -2.01. The quantitative estimate of drug-likeness (QED) is 0.623. The van der Waals surface area contributed by atoms with Crippen LogP contribution in [-0.4, -0.2) is 22.1 Å². The molecule has 0 unspecified atom stereocenters. The first kappa shape index (κ1) is 17.8. The van der Waals surface area contributed by atoms with Gasteiger partial charge in [-0.1, -0.05) is 34.6 Å². The lowest BCUT2D eigenvalue weighted by Gasteiger charge is -2.21. The second kappa shape index (κ2) is 6.37. The summed E-state index contributed by atoms with van der Waals surface area (Å²) in [6.45, 7) is 12.9. The SMILES string of the molecule is COc1ccc2c(C(C)(C)C)nc(-c3nc(C(C)C)cs3)nc2c1C. The van der Waals surface area contributed by atoms with Crippen molar-refractivity contribution in [2.45, 2.75) is 52.9 Å². The maximum Gasteiger partial charge on any atom is 0.189 e. The van der Waals surface area contributed by atoms with E-state index in [0.29, 0.717) is 11.7 Å². The average molecular weight is 356 g/mol. The third-order valence-corrected chi connectivity index (χ3v) is 5.16. The van der Waals surface area contributed by atoms with Gasteiger partial charge in [0.05, 0.1) is 24.0 Å². The van der Waals surface area contributed by atoms with Gasteiger partial charge in [-0.25, -0.2) is 15.0 Å². The summed E-state index contributed by atoms with van der Waals surface area (Å²) >= 11 is 1.61. The third-order valence-electron chi connectivity index (χ3n) is 4.31. The van der Waals surface area contributed by atoms with Crippen molar-refractivity contribution in [2.75, 3.05) is 7.11 Å². The van der Waals surface area contributed by atoms with E-state index in [0.717, 1.165) is 38.6 Å². The van der Waals surface area contributed by atoms with Crippen LogP contribution in [0.2, 0.25) is 0 Å². The smallest absolute Gasteiger partial charge is 0.189 e. The molecule has 0 amide bonds. The average Bonchev–Trinajstić information content (AvgIpc) is 3.04. The fourth-order valence-corrected chi connectivity index (χ4v) is 3.77. The number of ether oxygens (including phenoxy) is 1. The standard InChI is InChI=1S/C20H25N3OS/c1-11(2)14-10-25-19(21-14)18-22-16-12(3)15(24-7)9-8-13(16)17(23-18)20(4,5)6/h8-11H,1-7H3. The molecule has 4 nitrogen and oxygen atoms in total. The molecule has 0 radical (unpaired) electrons. The zero-order chi connectivity index (χ0) is 18.4. The van der Waals surface area contributed by atoms with Crippen LogP contribution in [0.3, 0.4) is 0 Å². The largest absolute Gasteiger partial charge is 0.496 e. The van der Waals surface area contributed by atoms with Gasteiger partial charge in [0.1, 0.15) is 5.75 Å². The highest BCUT2D eigenvalue weighted by Crippen LogP contribution is 2.35. The third kappa shape index (κ3) is 3.25. The molecule has 5 heteroatoms. The number of hydrogen-bond donors (Lipinski definition) is 0. The molecule has 0 spiro atoms. The number of aromatic nitrogens is 3. The van der Waals surface area contributed by atoms with E-state index in [2.05, 4.69) is 46.1 Å². The summed E-state index contributed by atoms with van der Waals surface area (Å²) in [6, 6.07) is 4.06. The number of aryl methyl sites for hydroxylation is 1. The lowest BCUT2D eigenvalue weighted by Crippen LogP contribution is -2.16. The maximum atomic E-state index is 5.49. The van der Waals surface area contributed by atoms with Gasteiger partial charge in [0.15, 0.2) is 10.8 Å². The molecular weight excluding hydrogens is 330 g/mol. The monoisotopic (exact) mass is 355 g/mol. The van der Waals surface area contributed by atoms with Crippen molar-refractivity contribution in [2.24, 2.45) is 0 Å². The Bertz CT molecular complexity index is 923. The number of fused-ring (bicyclic) bond motifs is 1. The molecule has 0 aliphatic rings. The number of thiazole rings is 1. The first-order valence-corrected chi connectivity index (χ1v) is 9.42. The summed E-state index contributed by atoms with van der Waals surface area (Å²) in [5.41, 5.74) is 4.02. The van der Waals surface area contributed by atoms with E-state index in [1.807, 2.05) is 13.0 Å². The Morgan fingerprint density at radius 2 is 1.80 bits per heavy atom. The van der Waals surface area contributed by atoms with Gasteiger partial charge in [-0.05, 0) is 25.0 Å². The number of rotatable bonds is 3. The highest BCUT2D eigenvalue weighted by molar-refractivity contribution is 7.13. The van der Waals surface area contributed by atoms with Crippen LogP contribution in [-0.2, 0) is 5.41 Å². The molecule has 0 saturated carbocycles. The molecule has 0 aliphatic carbocycles. The summed E-state index contributed by atoms with van der Waals surface area (Å²) in [4.78, 5) is 14.5. The van der Waals surface area contributed by atoms with Crippen LogP contribution < -0.4 is 4.74 Å². The zero-order valence-electron chi connectivity index (χ0n) is 16.0. The molecule has 2 aromatic heterocycles. The molecule has 0 saturated heterocycles. The summed E-state index contributed by atoms with van der Waals surface area (Å²) in [5.74, 6) is 1.94. The van der Waals surface area contributed by atoms with Crippen LogP contribution in [0.25, 0.3) is 21.7 Å². The van der Waals surface area contributed by atoms with Gasteiger partial charge >= 0.3 is 0 Å². The van der Waals surface area contributed by atoms with Crippen LogP contribution >= 0.6 is 11.3 Å². The van der Waals surface area contributed by atoms with Gasteiger partial charge in [0.2, 0.25) is 0 Å². The lowest BCUT2D eigenvalue weighted by molar-refractivity contribution is 0.412. The Morgan fingerprint density at radius 1 is 1.08 bits per heavy atom. The van der Waals surface area contributed by atoms with E-state index < -0.39 is 0 Å². The topological polar surface area (TPSA) is 47.9 Å². The van der Waals surface area contributed by atoms with Gasteiger partial charge in [0, 0.05) is 21.7 Å². The molecule has 0 aliphatic heterocycles. The van der Waals surface area contributed by atoms with Gasteiger partial charge < -0.3 is 4.74 Å². The van der Waals surface area contributed by atoms with Crippen LogP contribution in [0.4, 0.5) is 0 Å². The van der Waals surface area contributed by atoms with Crippen molar-refractivity contribution in [3.8, 4) is 16.6 Å². The summed E-state index contributed by atoms with van der Waals surface area (Å²) in [7, 11) is 1.69. The molecule has 0 N–H and O–H groups in total. The summed E-state index contributed by atoms with van der Waals surface area (Å²) in [5, 5.41) is 4.05. The molecule has 2 heterocycles. The van der Waals surface area contributed by atoms with E-state index in [-0.39, 0.29) is 5.41 Å². The molecule has 1 aromatic carbocycles. The van der Waals surface area contributed by atoms with Gasteiger partial charge in [0.25, 0.3) is 0 Å². The van der Waals surface area contributed by atoms with Crippen LogP contribution in [0.15, 0.2) is 17.5 Å². The molecule has 0 bridgehead atoms. The van der Waals surface area contributed by atoms with Gasteiger partial charge in [-0.2, -0.15) is 0 Å². The minimum Gasteiger partial charge on any atom is -0.496 e. The van der Waals surface area contributed by atoms with Crippen LogP contribution in [0.5, 0.6) is 5.75 Å². The summed E-state index contributed by atoms with van der Waals surface area (Å²) in [6.07, 6.45) is 0. The van der Waals surface area contributed by atoms with Crippen molar-refractivity contribution in [3.05, 3.63) is 34.5 Å². The Kier molecular flexibility index (Phi) is 4.54. The van der Waals surface area contributed by atoms with E-state index in [4.69, 9.17) is 19.7 Å². The highest BCUT2D eigenvalue weighted by Gasteiger charge is 2.23. The second-order valence-corrected chi connectivity index (χ2v) is 8.53. The molecule has 0 fully saturated rings. The molecule has 132 valence electrons. The van der Waals surface area contributed by atoms with E-state index in [9.17, 15) is 0 Å². The van der Waals surface area contributed by atoms with Crippen molar-refractivity contribution >= 4 is 22.2 Å². The number of hydrogen-bond acceptors (Lipinski definition) is 5. The molecule has 0 atom stereocenters. The minimum absolute atomic E-state index is 0.0882. The molecular formula is C20H25N3OS. The number of benzene rings is 1. The van der Waals surface area contributed by atoms with Crippen molar-refractivity contribution < 1.29 is 4.74 Å². The zero-order valence-corrected chi connectivity index (χ0v) is 16.8. The van der Waals surface area contributed by atoms with E-state index in [1.165, 1.54) is 0 Å². The highest BCUT2D eigenvalue weighted by atomic mass is 32.1. The number of nitrogens with zero attached hydrogens (tertiary/aromatic N) is 3. The van der Waals surface area contributed by atoms with E-state index >= 15 is 0 Å². The van der Waals surface area contributed by atoms with Gasteiger partial charge in [-0.15, -0.1) is 11.3 Å². The van der Waals surface area contributed by atoms with Crippen molar-refractivity contribution in [1.29, 1.82) is 0 Å². The van der Waals surface area contributed by atoms with Gasteiger partial charge in [-0.3, -0.25) is 0 Å². The minimum atomic E-state index is -0.0882. The Balaban J connectivity index is 2.30. The molecule has 3 aromatic rings. The predicted octanol–water partition coefficient (Wildman–Crippen LogP) is 5.49. The molecule has 3 rings (SSSR count). The van der Waals surface area contributed by atoms with Crippen molar-refractivity contribution in [1.82, 2.24) is 15.0 Å². The van der Waals surface area contributed by atoms with E-state index in [1.54, 1.807) is 18.4 Å². The van der Waals surface area contributed by atoms with Crippen LogP contribution in [0, 0.1) is 6.92 Å². The lowest BCUT2D eigenvalue weighted by atomic mass is 9.88. The number of methoxy groups -OCH3 is 1. The van der Waals surface area contributed by atoms with Crippen molar-refractivity contribution in [3.63, 3.8) is 0 Å². The predicted molar refractivity (Wildman–Crippen MR) is 105 cm³/mol.